The minimum absolute atomic E-state index is 0.140. The molecular formula is C16H18ClNO. The smallest absolute Gasteiger partial charge is 0.120 e. The van der Waals surface area contributed by atoms with E-state index in [1.54, 1.807) is 6.07 Å². The van der Waals surface area contributed by atoms with Crippen LogP contribution in [0, 0.1) is 13.8 Å². The maximum absolute atomic E-state index is 6.19. The molecule has 0 radical (unpaired) electrons. The zero-order chi connectivity index (χ0) is 13.8. The third kappa shape index (κ3) is 3.72. The highest BCUT2D eigenvalue weighted by molar-refractivity contribution is 6.30. The molecule has 0 aromatic heterocycles. The van der Waals surface area contributed by atoms with Gasteiger partial charge in [0.05, 0.1) is 6.04 Å². The second kappa shape index (κ2) is 6.09. The zero-order valence-corrected chi connectivity index (χ0v) is 11.9. The average Bonchev–Trinajstić information content (AvgIpc) is 2.39. The molecule has 19 heavy (non-hydrogen) atoms. The summed E-state index contributed by atoms with van der Waals surface area (Å²) < 4.78 is 5.69. The number of halogens is 1. The van der Waals surface area contributed by atoms with Crippen molar-refractivity contribution in [1.29, 1.82) is 0 Å². The maximum Gasteiger partial charge on any atom is 0.120 e. The minimum atomic E-state index is -0.140. The minimum Gasteiger partial charge on any atom is -0.492 e. The summed E-state index contributed by atoms with van der Waals surface area (Å²) in [6.45, 7) is 4.56. The van der Waals surface area contributed by atoms with E-state index in [1.165, 1.54) is 11.1 Å². The van der Waals surface area contributed by atoms with E-state index in [4.69, 9.17) is 22.1 Å². The van der Waals surface area contributed by atoms with E-state index in [9.17, 15) is 0 Å². The van der Waals surface area contributed by atoms with Gasteiger partial charge in [-0.15, -0.1) is 0 Å². The summed E-state index contributed by atoms with van der Waals surface area (Å²) in [7, 11) is 0. The highest BCUT2D eigenvalue weighted by atomic mass is 35.5. The summed E-state index contributed by atoms with van der Waals surface area (Å²) in [5, 5.41) is 0.665. The Morgan fingerprint density at radius 1 is 1.16 bits per heavy atom. The third-order valence-corrected chi connectivity index (χ3v) is 3.29. The molecule has 2 N–H and O–H groups in total. The molecule has 0 fully saturated rings. The molecular weight excluding hydrogens is 258 g/mol. The van der Waals surface area contributed by atoms with Crippen LogP contribution < -0.4 is 10.5 Å². The fraction of sp³-hybridized carbons (Fsp3) is 0.250. The standard InChI is InChI=1S/C16H18ClNO/c1-11-6-7-12(2)15(8-11)16(18)10-19-14-5-3-4-13(17)9-14/h3-9,16H,10,18H2,1-2H3. The third-order valence-electron chi connectivity index (χ3n) is 3.06. The van der Waals surface area contributed by atoms with Gasteiger partial charge in [-0.05, 0) is 43.2 Å². The van der Waals surface area contributed by atoms with Crippen molar-refractivity contribution >= 4 is 11.6 Å². The summed E-state index contributed by atoms with van der Waals surface area (Å²) in [6.07, 6.45) is 0. The maximum atomic E-state index is 6.19. The number of ether oxygens (including phenoxy) is 1. The SMILES string of the molecule is Cc1ccc(C)c(C(N)COc2cccc(Cl)c2)c1. The van der Waals surface area contributed by atoms with Gasteiger partial charge in [0.2, 0.25) is 0 Å². The van der Waals surface area contributed by atoms with E-state index in [0.717, 1.165) is 11.3 Å². The monoisotopic (exact) mass is 275 g/mol. The number of hydrogen-bond donors (Lipinski definition) is 1. The lowest BCUT2D eigenvalue weighted by Gasteiger charge is -2.16. The van der Waals surface area contributed by atoms with Crippen molar-refractivity contribution in [2.24, 2.45) is 5.73 Å². The van der Waals surface area contributed by atoms with E-state index >= 15 is 0 Å². The summed E-state index contributed by atoms with van der Waals surface area (Å²) in [4.78, 5) is 0. The molecule has 0 saturated heterocycles. The van der Waals surface area contributed by atoms with Gasteiger partial charge in [0.1, 0.15) is 12.4 Å². The summed E-state index contributed by atoms with van der Waals surface area (Å²) in [5.41, 5.74) is 9.71. The number of hydrogen-bond acceptors (Lipinski definition) is 2. The highest BCUT2D eigenvalue weighted by Gasteiger charge is 2.10. The van der Waals surface area contributed by atoms with Gasteiger partial charge in [-0.3, -0.25) is 0 Å². The zero-order valence-electron chi connectivity index (χ0n) is 11.2. The van der Waals surface area contributed by atoms with Crippen LogP contribution in [0.15, 0.2) is 42.5 Å². The lowest BCUT2D eigenvalue weighted by molar-refractivity contribution is 0.290. The van der Waals surface area contributed by atoms with E-state index in [0.29, 0.717) is 11.6 Å². The van der Waals surface area contributed by atoms with Crippen LogP contribution in [0.1, 0.15) is 22.7 Å². The second-order valence-electron chi connectivity index (χ2n) is 4.73. The molecule has 0 aliphatic carbocycles. The van der Waals surface area contributed by atoms with Crippen LogP contribution in [0.3, 0.4) is 0 Å². The van der Waals surface area contributed by atoms with Crippen molar-refractivity contribution in [3.8, 4) is 5.75 Å². The lowest BCUT2D eigenvalue weighted by Crippen LogP contribution is -2.20. The molecule has 3 heteroatoms. The molecule has 1 atom stereocenters. The fourth-order valence-corrected chi connectivity index (χ4v) is 2.17. The quantitative estimate of drug-likeness (QED) is 0.914. The van der Waals surface area contributed by atoms with Gasteiger partial charge >= 0.3 is 0 Å². The fourth-order valence-electron chi connectivity index (χ4n) is 1.99. The Hall–Kier alpha value is -1.51. The number of rotatable bonds is 4. The van der Waals surface area contributed by atoms with Gasteiger partial charge < -0.3 is 10.5 Å². The van der Waals surface area contributed by atoms with Gasteiger partial charge in [0.15, 0.2) is 0 Å². The van der Waals surface area contributed by atoms with Crippen molar-refractivity contribution in [1.82, 2.24) is 0 Å². The number of benzene rings is 2. The largest absolute Gasteiger partial charge is 0.492 e. The molecule has 2 rings (SSSR count). The topological polar surface area (TPSA) is 35.2 Å². The van der Waals surface area contributed by atoms with Crippen molar-refractivity contribution in [2.45, 2.75) is 19.9 Å². The molecule has 0 saturated carbocycles. The summed E-state index contributed by atoms with van der Waals surface area (Å²) in [6, 6.07) is 13.5. The van der Waals surface area contributed by atoms with Crippen molar-refractivity contribution < 1.29 is 4.74 Å². The number of aryl methyl sites for hydroxylation is 2. The molecule has 2 aromatic carbocycles. The van der Waals surface area contributed by atoms with Crippen LogP contribution in [0.2, 0.25) is 5.02 Å². The van der Waals surface area contributed by atoms with E-state index in [2.05, 4.69) is 32.0 Å². The Morgan fingerprint density at radius 3 is 2.68 bits per heavy atom. The van der Waals surface area contributed by atoms with Crippen LogP contribution in [-0.4, -0.2) is 6.61 Å². The Kier molecular flexibility index (Phi) is 4.46. The molecule has 0 spiro atoms. The first-order valence-electron chi connectivity index (χ1n) is 6.27. The first-order chi connectivity index (χ1) is 9.06. The molecule has 0 aliphatic rings. The van der Waals surface area contributed by atoms with Crippen molar-refractivity contribution in [3.05, 3.63) is 64.2 Å². The van der Waals surface area contributed by atoms with E-state index < -0.39 is 0 Å². The van der Waals surface area contributed by atoms with Gasteiger partial charge in [0.25, 0.3) is 0 Å². The Bertz CT molecular complexity index is 568. The Balaban J connectivity index is 2.05. The molecule has 0 bridgehead atoms. The highest BCUT2D eigenvalue weighted by Crippen LogP contribution is 2.21. The average molecular weight is 276 g/mol. The van der Waals surface area contributed by atoms with Crippen LogP contribution in [0.25, 0.3) is 0 Å². The van der Waals surface area contributed by atoms with Gasteiger partial charge in [-0.25, -0.2) is 0 Å². The van der Waals surface area contributed by atoms with Crippen LogP contribution in [0.5, 0.6) is 5.75 Å². The van der Waals surface area contributed by atoms with Gasteiger partial charge in [-0.1, -0.05) is 41.4 Å². The van der Waals surface area contributed by atoms with E-state index in [1.807, 2.05) is 18.2 Å². The summed E-state index contributed by atoms with van der Waals surface area (Å²) in [5.74, 6) is 0.744. The predicted octanol–water partition coefficient (Wildman–Crippen LogP) is 4.04. The Labute approximate surface area is 119 Å². The molecule has 0 aliphatic heterocycles. The summed E-state index contributed by atoms with van der Waals surface area (Å²) >= 11 is 5.91. The van der Waals surface area contributed by atoms with Gasteiger partial charge in [0, 0.05) is 5.02 Å². The predicted molar refractivity (Wildman–Crippen MR) is 79.8 cm³/mol. The Morgan fingerprint density at radius 2 is 1.95 bits per heavy atom. The van der Waals surface area contributed by atoms with Crippen LogP contribution in [0.4, 0.5) is 0 Å². The van der Waals surface area contributed by atoms with Crippen molar-refractivity contribution in [3.63, 3.8) is 0 Å². The molecule has 0 heterocycles. The molecule has 0 amide bonds. The molecule has 2 aromatic rings. The van der Waals surface area contributed by atoms with Crippen LogP contribution in [-0.2, 0) is 0 Å². The number of nitrogens with two attached hydrogens (primary N) is 1. The van der Waals surface area contributed by atoms with Crippen molar-refractivity contribution in [2.75, 3.05) is 6.61 Å². The normalized spacial score (nSPS) is 12.2. The van der Waals surface area contributed by atoms with Crippen LogP contribution >= 0.6 is 11.6 Å². The second-order valence-corrected chi connectivity index (χ2v) is 5.17. The lowest BCUT2D eigenvalue weighted by atomic mass is 10.00. The molecule has 100 valence electrons. The molecule has 1 unspecified atom stereocenters. The first-order valence-corrected chi connectivity index (χ1v) is 6.65. The first kappa shape index (κ1) is 13.9. The molecule has 2 nitrogen and oxygen atoms in total. The van der Waals surface area contributed by atoms with Gasteiger partial charge in [-0.2, -0.15) is 0 Å². The van der Waals surface area contributed by atoms with E-state index in [-0.39, 0.29) is 6.04 Å².